The molecule has 0 saturated carbocycles. The summed E-state index contributed by atoms with van der Waals surface area (Å²) >= 11 is 0. The molecule has 4 rings (SSSR count). The van der Waals surface area contributed by atoms with E-state index in [2.05, 4.69) is 39.5 Å². The number of nitrogens with zero attached hydrogens (tertiary/aromatic N) is 2. The van der Waals surface area contributed by atoms with Gasteiger partial charge in [0.15, 0.2) is 11.7 Å². The van der Waals surface area contributed by atoms with E-state index in [4.69, 9.17) is 4.42 Å². The molecular formula is C24H27N3O2. The molecule has 0 bridgehead atoms. The second kappa shape index (κ2) is 9.41. The van der Waals surface area contributed by atoms with E-state index in [0.29, 0.717) is 31.7 Å². The summed E-state index contributed by atoms with van der Waals surface area (Å²) in [5, 5.41) is 3.00. The zero-order chi connectivity index (χ0) is 19.9. The zero-order valence-electron chi connectivity index (χ0n) is 16.6. The Hall–Kier alpha value is -3.08. The van der Waals surface area contributed by atoms with Crippen LogP contribution in [0.5, 0.6) is 0 Å². The van der Waals surface area contributed by atoms with E-state index < -0.39 is 0 Å². The summed E-state index contributed by atoms with van der Waals surface area (Å²) in [6.45, 7) is 2.86. The molecule has 1 saturated heterocycles. The SMILES string of the molecule is O=C(CCCc1ncc(-c2ccccc2)o1)NCc1ccc(N2CCCC2)cc1. The Bertz CT molecular complexity index is 913. The predicted octanol–water partition coefficient (Wildman–Crippen LogP) is 4.58. The van der Waals surface area contributed by atoms with Crippen LogP contribution in [0.4, 0.5) is 5.69 Å². The normalized spacial score (nSPS) is 13.6. The summed E-state index contributed by atoms with van der Waals surface area (Å²) in [6, 6.07) is 18.4. The predicted molar refractivity (Wildman–Crippen MR) is 115 cm³/mol. The van der Waals surface area contributed by atoms with Gasteiger partial charge < -0.3 is 14.6 Å². The highest BCUT2D eigenvalue weighted by atomic mass is 16.4. The van der Waals surface area contributed by atoms with Crippen molar-refractivity contribution in [1.82, 2.24) is 10.3 Å². The van der Waals surface area contributed by atoms with Crippen molar-refractivity contribution >= 4 is 11.6 Å². The fraction of sp³-hybridized carbons (Fsp3) is 0.333. The molecule has 1 aliphatic heterocycles. The molecule has 1 N–H and O–H groups in total. The maximum absolute atomic E-state index is 12.1. The Morgan fingerprint density at radius 3 is 2.55 bits per heavy atom. The fourth-order valence-corrected chi connectivity index (χ4v) is 3.65. The number of aryl methyl sites for hydroxylation is 1. The average molecular weight is 389 g/mol. The van der Waals surface area contributed by atoms with Crippen LogP contribution >= 0.6 is 0 Å². The van der Waals surface area contributed by atoms with Crippen LogP contribution in [0.15, 0.2) is 65.2 Å². The largest absolute Gasteiger partial charge is 0.441 e. The molecule has 5 nitrogen and oxygen atoms in total. The van der Waals surface area contributed by atoms with Gasteiger partial charge in [-0.2, -0.15) is 0 Å². The molecule has 150 valence electrons. The standard InChI is InChI=1S/C24H27N3O2/c28-23(25-17-19-11-13-21(14-12-19)27-15-4-5-16-27)9-6-10-24-26-18-22(29-24)20-7-2-1-3-8-20/h1-3,7-8,11-14,18H,4-6,9-10,15-17H2,(H,25,28). The number of anilines is 1. The number of nitrogens with one attached hydrogen (secondary N) is 1. The molecule has 2 heterocycles. The topological polar surface area (TPSA) is 58.4 Å². The van der Waals surface area contributed by atoms with E-state index in [1.54, 1.807) is 6.20 Å². The second-order valence-corrected chi connectivity index (χ2v) is 7.48. The molecule has 29 heavy (non-hydrogen) atoms. The van der Waals surface area contributed by atoms with E-state index in [-0.39, 0.29) is 5.91 Å². The number of carbonyl (C=O) groups excluding carboxylic acids is 1. The van der Waals surface area contributed by atoms with Crippen molar-refractivity contribution in [1.29, 1.82) is 0 Å². The van der Waals surface area contributed by atoms with Crippen molar-refractivity contribution in [2.24, 2.45) is 0 Å². The van der Waals surface area contributed by atoms with E-state index in [0.717, 1.165) is 30.0 Å². The van der Waals surface area contributed by atoms with E-state index >= 15 is 0 Å². The molecular weight excluding hydrogens is 362 g/mol. The summed E-state index contributed by atoms with van der Waals surface area (Å²) in [5.41, 5.74) is 3.42. The fourth-order valence-electron chi connectivity index (χ4n) is 3.65. The van der Waals surface area contributed by atoms with Crippen molar-refractivity contribution in [2.75, 3.05) is 18.0 Å². The van der Waals surface area contributed by atoms with Crippen LogP contribution in [-0.4, -0.2) is 24.0 Å². The van der Waals surface area contributed by atoms with Crippen LogP contribution in [0, 0.1) is 0 Å². The van der Waals surface area contributed by atoms with Gasteiger partial charge in [-0.05, 0) is 37.0 Å². The molecule has 3 aromatic rings. The van der Waals surface area contributed by atoms with Crippen LogP contribution in [0.2, 0.25) is 0 Å². The summed E-state index contributed by atoms with van der Waals surface area (Å²) < 4.78 is 5.79. The van der Waals surface area contributed by atoms with Crippen LogP contribution in [0.25, 0.3) is 11.3 Å². The minimum absolute atomic E-state index is 0.0588. The van der Waals surface area contributed by atoms with Crippen molar-refractivity contribution in [3.05, 3.63) is 72.2 Å². The molecule has 0 unspecified atom stereocenters. The number of oxazole rings is 1. The number of aromatic nitrogens is 1. The van der Waals surface area contributed by atoms with Gasteiger partial charge in [-0.25, -0.2) is 4.98 Å². The minimum atomic E-state index is 0.0588. The quantitative estimate of drug-likeness (QED) is 0.613. The van der Waals surface area contributed by atoms with E-state index in [1.807, 2.05) is 30.3 Å². The summed E-state index contributed by atoms with van der Waals surface area (Å²) in [5.74, 6) is 1.50. The zero-order valence-corrected chi connectivity index (χ0v) is 16.6. The van der Waals surface area contributed by atoms with Gasteiger partial charge in [-0.1, -0.05) is 42.5 Å². The van der Waals surface area contributed by atoms with Gasteiger partial charge in [0.2, 0.25) is 5.91 Å². The number of amides is 1. The van der Waals surface area contributed by atoms with Crippen LogP contribution < -0.4 is 10.2 Å². The highest BCUT2D eigenvalue weighted by Crippen LogP contribution is 2.21. The van der Waals surface area contributed by atoms with Gasteiger partial charge in [0.05, 0.1) is 6.20 Å². The maximum Gasteiger partial charge on any atom is 0.220 e. The highest BCUT2D eigenvalue weighted by Gasteiger charge is 2.12. The first-order valence-electron chi connectivity index (χ1n) is 10.4. The van der Waals surface area contributed by atoms with Crippen LogP contribution in [0.1, 0.15) is 37.1 Å². The summed E-state index contributed by atoms with van der Waals surface area (Å²) in [6.07, 6.45) is 6.14. The number of benzene rings is 2. The molecule has 2 aromatic carbocycles. The van der Waals surface area contributed by atoms with E-state index in [9.17, 15) is 4.79 Å². The molecule has 1 fully saturated rings. The van der Waals surface area contributed by atoms with Crippen LogP contribution in [-0.2, 0) is 17.8 Å². The molecule has 1 aliphatic rings. The minimum Gasteiger partial charge on any atom is -0.441 e. The Labute approximate surface area is 171 Å². The van der Waals surface area contributed by atoms with Gasteiger partial charge in [0.1, 0.15) is 0 Å². The second-order valence-electron chi connectivity index (χ2n) is 7.48. The third-order valence-electron chi connectivity index (χ3n) is 5.30. The highest BCUT2D eigenvalue weighted by molar-refractivity contribution is 5.75. The Morgan fingerprint density at radius 1 is 1.03 bits per heavy atom. The molecule has 0 spiro atoms. The lowest BCUT2D eigenvalue weighted by molar-refractivity contribution is -0.121. The smallest absolute Gasteiger partial charge is 0.220 e. The molecule has 0 aliphatic carbocycles. The Kier molecular flexibility index (Phi) is 6.25. The molecule has 0 atom stereocenters. The molecule has 5 heteroatoms. The third kappa shape index (κ3) is 5.25. The molecule has 0 radical (unpaired) electrons. The first-order valence-corrected chi connectivity index (χ1v) is 10.4. The lowest BCUT2D eigenvalue weighted by Crippen LogP contribution is -2.22. The lowest BCUT2D eigenvalue weighted by atomic mass is 10.2. The Balaban J connectivity index is 1.18. The van der Waals surface area contributed by atoms with Crippen LogP contribution in [0.3, 0.4) is 0 Å². The Morgan fingerprint density at radius 2 is 1.79 bits per heavy atom. The first kappa shape index (κ1) is 19.2. The van der Waals surface area contributed by atoms with Gasteiger partial charge in [0, 0.05) is 43.7 Å². The van der Waals surface area contributed by atoms with E-state index in [1.165, 1.54) is 18.5 Å². The van der Waals surface area contributed by atoms with Gasteiger partial charge in [0.25, 0.3) is 0 Å². The summed E-state index contributed by atoms with van der Waals surface area (Å²) in [7, 11) is 0. The van der Waals surface area contributed by atoms with Crippen molar-refractivity contribution < 1.29 is 9.21 Å². The van der Waals surface area contributed by atoms with Gasteiger partial charge >= 0.3 is 0 Å². The van der Waals surface area contributed by atoms with Gasteiger partial charge in [-0.15, -0.1) is 0 Å². The third-order valence-corrected chi connectivity index (χ3v) is 5.30. The lowest BCUT2D eigenvalue weighted by Gasteiger charge is -2.17. The first-order chi connectivity index (χ1) is 14.3. The monoisotopic (exact) mass is 389 g/mol. The molecule has 1 amide bonds. The van der Waals surface area contributed by atoms with Crippen molar-refractivity contribution in [3.8, 4) is 11.3 Å². The number of hydrogen-bond donors (Lipinski definition) is 1. The van der Waals surface area contributed by atoms with Crippen molar-refractivity contribution in [3.63, 3.8) is 0 Å². The number of rotatable bonds is 8. The summed E-state index contributed by atoms with van der Waals surface area (Å²) in [4.78, 5) is 18.9. The maximum atomic E-state index is 12.1. The number of hydrogen-bond acceptors (Lipinski definition) is 4. The van der Waals surface area contributed by atoms with Crippen molar-refractivity contribution in [2.45, 2.75) is 38.6 Å². The average Bonchev–Trinajstić information content (AvgIpc) is 3.46. The molecule has 1 aromatic heterocycles. The number of carbonyl (C=O) groups is 1. The van der Waals surface area contributed by atoms with Gasteiger partial charge in [-0.3, -0.25) is 4.79 Å².